The largest absolute Gasteiger partial charge is 0.339 e. The van der Waals surface area contributed by atoms with Gasteiger partial charge in [0.25, 0.3) is 5.56 Å². The molecule has 172 valence electrons. The van der Waals surface area contributed by atoms with Crippen LogP contribution in [0.1, 0.15) is 30.0 Å². The molecule has 2 aliphatic heterocycles. The van der Waals surface area contributed by atoms with Crippen LogP contribution in [0.2, 0.25) is 5.02 Å². The Morgan fingerprint density at radius 2 is 1.64 bits per heavy atom. The molecule has 2 saturated heterocycles. The van der Waals surface area contributed by atoms with Crippen molar-refractivity contribution in [1.29, 1.82) is 0 Å². The first-order valence-corrected chi connectivity index (χ1v) is 11.7. The highest BCUT2D eigenvalue weighted by molar-refractivity contribution is 6.31. The maximum absolute atomic E-state index is 13.0. The normalized spacial score (nSPS) is 19.1. The van der Waals surface area contributed by atoms with E-state index >= 15 is 0 Å². The maximum Gasteiger partial charge on any atom is 0.283 e. The van der Waals surface area contributed by atoms with Gasteiger partial charge in [-0.3, -0.25) is 19.4 Å². The maximum atomic E-state index is 13.0. The van der Waals surface area contributed by atoms with Gasteiger partial charge >= 0.3 is 0 Å². The molecule has 2 fully saturated rings. The van der Waals surface area contributed by atoms with Crippen LogP contribution in [0.3, 0.4) is 0 Å². The van der Waals surface area contributed by atoms with Gasteiger partial charge in [-0.25, -0.2) is 0 Å². The molecule has 1 spiro atoms. The lowest BCUT2D eigenvalue weighted by atomic mass is 9.84. The Kier molecular flexibility index (Phi) is 5.76. The van der Waals surface area contributed by atoms with Gasteiger partial charge in [0.05, 0.1) is 12.4 Å². The quantitative estimate of drug-likeness (QED) is 0.607. The molecule has 0 bridgehead atoms. The van der Waals surface area contributed by atoms with Crippen LogP contribution in [0.5, 0.6) is 0 Å². The Morgan fingerprint density at radius 3 is 2.24 bits per heavy atom. The summed E-state index contributed by atoms with van der Waals surface area (Å²) in [5.74, 6) is 0.0565. The minimum absolute atomic E-state index is 0.0562. The van der Waals surface area contributed by atoms with Crippen molar-refractivity contribution < 1.29 is 4.79 Å². The first-order chi connectivity index (χ1) is 16.0. The average Bonchev–Trinajstić information content (AvgIpc) is 3.29. The predicted octanol–water partition coefficient (Wildman–Crippen LogP) is 2.93. The van der Waals surface area contributed by atoms with Crippen molar-refractivity contribution >= 4 is 23.2 Å². The summed E-state index contributed by atoms with van der Waals surface area (Å²) in [6.45, 7) is 2.83. The number of anilines is 1. The first-order valence-electron chi connectivity index (χ1n) is 11.3. The summed E-state index contributed by atoms with van der Waals surface area (Å²) in [4.78, 5) is 29.8. The number of amides is 1. The molecule has 3 heterocycles. The summed E-state index contributed by atoms with van der Waals surface area (Å²) in [6.07, 6.45) is 1.49. The van der Waals surface area contributed by atoms with Gasteiger partial charge in [-0.15, -0.1) is 0 Å². The Morgan fingerprint density at radius 1 is 1.00 bits per heavy atom. The monoisotopic (exact) mass is 465 g/mol. The molecule has 0 aliphatic carbocycles. The van der Waals surface area contributed by atoms with E-state index in [1.54, 1.807) is 4.68 Å². The van der Waals surface area contributed by atoms with E-state index < -0.39 is 5.54 Å². The van der Waals surface area contributed by atoms with E-state index in [1.165, 1.54) is 0 Å². The van der Waals surface area contributed by atoms with E-state index in [9.17, 15) is 9.59 Å². The molecule has 2 aliphatic rings. The average molecular weight is 466 g/mol. The lowest BCUT2D eigenvalue weighted by molar-refractivity contribution is -0.125. The third kappa shape index (κ3) is 3.85. The number of carbonyl (C=O) groups excluding carboxylic acids is 1. The molecule has 0 radical (unpaired) electrons. The van der Waals surface area contributed by atoms with Crippen molar-refractivity contribution in [2.24, 2.45) is 7.05 Å². The highest BCUT2D eigenvalue weighted by Crippen LogP contribution is 2.37. The molecule has 2 aromatic carbocycles. The Balaban J connectivity index is 1.39. The lowest BCUT2D eigenvalue weighted by Gasteiger charge is -2.44. The second kappa shape index (κ2) is 8.72. The van der Waals surface area contributed by atoms with E-state index in [0.29, 0.717) is 6.67 Å². The number of nitrogens with one attached hydrogen (secondary N) is 2. The van der Waals surface area contributed by atoms with E-state index in [4.69, 9.17) is 11.6 Å². The smallest absolute Gasteiger partial charge is 0.283 e. The van der Waals surface area contributed by atoms with Gasteiger partial charge in [-0.1, -0.05) is 60.1 Å². The molecule has 1 unspecified atom stereocenters. The second-order valence-electron chi connectivity index (χ2n) is 8.92. The zero-order valence-electron chi connectivity index (χ0n) is 18.6. The predicted molar refractivity (Wildman–Crippen MR) is 130 cm³/mol. The van der Waals surface area contributed by atoms with Gasteiger partial charge in [-0.05, 0) is 30.5 Å². The van der Waals surface area contributed by atoms with E-state index in [-0.39, 0.29) is 22.4 Å². The number of likely N-dealkylation sites (tertiary alicyclic amines) is 1. The topological polar surface area (TPSA) is 73.4 Å². The fourth-order valence-electron chi connectivity index (χ4n) is 5.34. The van der Waals surface area contributed by atoms with Gasteiger partial charge in [0.1, 0.15) is 10.6 Å². The Bertz CT molecular complexity index is 1180. The van der Waals surface area contributed by atoms with Gasteiger partial charge in [0, 0.05) is 38.3 Å². The number of hydrogen-bond acceptors (Lipinski definition) is 4. The highest BCUT2D eigenvalue weighted by Gasteiger charge is 2.50. The van der Waals surface area contributed by atoms with E-state index in [1.807, 2.05) is 43.4 Å². The molecule has 1 atom stereocenters. The Labute approximate surface area is 197 Å². The third-order valence-corrected chi connectivity index (χ3v) is 7.48. The van der Waals surface area contributed by atoms with Crippen LogP contribution in [-0.4, -0.2) is 52.4 Å². The minimum atomic E-state index is -0.515. The fourth-order valence-corrected chi connectivity index (χ4v) is 5.64. The van der Waals surface area contributed by atoms with E-state index in [2.05, 4.69) is 44.5 Å². The van der Waals surface area contributed by atoms with Crippen molar-refractivity contribution in [3.8, 4) is 0 Å². The van der Waals surface area contributed by atoms with Gasteiger partial charge in [-0.2, -0.15) is 0 Å². The number of aryl methyl sites for hydroxylation is 1. The molecule has 5 rings (SSSR count). The van der Waals surface area contributed by atoms with Crippen molar-refractivity contribution in [2.75, 3.05) is 31.2 Å². The van der Waals surface area contributed by atoms with Crippen LogP contribution >= 0.6 is 11.6 Å². The van der Waals surface area contributed by atoms with Crippen LogP contribution in [0, 0.1) is 0 Å². The number of benzene rings is 2. The number of carbonyl (C=O) groups is 1. The van der Waals surface area contributed by atoms with Crippen LogP contribution in [0.25, 0.3) is 0 Å². The first kappa shape index (κ1) is 21.8. The minimum Gasteiger partial charge on any atom is -0.339 e. The van der Waals surface area contributed by atoms with Crippen molar-refractivity contribution in [3.05, 3.63) is 87.3 Å². The number of rotatable bonds is 5. The van der Waals surface area contributed by atoms with Crippen LogP contribution in [0.4, 0.5) is 5.69 Å². The SMILES string of the molecule is Cn1[nH]c(=O)c(Cl)c1C(CN1CCC2(CC1)C(=O)NCN2c1ccccc1)c1ccccc1. The third-order valence-electron chi connectivity index (χ3n) is 7.12. The molecule has 0 saturated carbocycles. The number of nitrogens with zero attached hydrogens (tertiary/aromatic N) is 3. The summed E-state index contributed by atoms with van der Waals surface area (Å²) in [6, 6.07) is 20.3. The highest BCUT2D eigenvalue weighted by atomic mass is 35.5. The van der Waals surface area contributed by atoms with Gasteiger partial charge in [0.2, 0.25) is 5.91 Å². The standard InChI is InChI=1S/C25H28ClN5O2/c1-29-22(21(26)23(32)28-29)20(18-8-4-2-5-9-18)16-30-14-12-25(13-15-30)24(33)27-17-31(25)19-10-6-3-7-11-19/h2-11,20H,12-17H2,1H3,(H,27,33)(H,28,32). The fraction of sp³-hybridized carbons (Fsp3) is 0.360. The molecule has 3 aromatic rings. The summed E-state index contributed by atoms with van der Waals surface area (Å²) < 4.78 is 1.73. The zero-order valence-corrected chi connectivity index (χ0v) is 19.4. The van der Waals surface area contributed by atoms with Crippen LogP contribution in [0.15, 0.2) is 65.5 Å². The molecular weight excluding hydrogens is 438 g/mol. The van der Waals surface area contributed by atoms with E-state index in [0.717, 1.165) is 49.4 Å². The Hall–Kier alpha value is -3.03. The molecule has 33 heavy (non-hydrogen) atoms. The number of H-pyrrole nitrogens is 1. The second-order valence-corrected chi connectivity index (χ2v) is 9.30. The molecular formula is C25H28ClN5O2. The molecule has 8 heteroatoms. The van der Waals surface area contributed by atoms with Gasteiger partial charge in [0.15, 0.2) is 0 Å². The number of hydrogen-bond donors (Lipinski definition) is 2. The summed E-state index contributed by atoms with van der Waals surface area (Å²) >= 11 is 6.44. The molecule has 1 aromatic heterocycles. The molecule has 2 N–H and O–H groups in total. The lowest BCUT2D eigenvalue weighted by Crippen LogP contribution is -2.56. The van der Waals surface area contributed by atoms with Crippen LogP contribution in [-0.2, 0) is 11.8 Å². The van der Waals surface area contributed by atoms with Crippen molar-refractivity contribution in [2.45, 2.75) is 24.3 Å². The summed E-state index contributed by atoms with van der Waals surface area (Å²) in [7, 11) is 1.82. The summed E-state index contributed by atoms with van der Waals surface area (Å²) in [5.41, 5.74) is 2.18. The number of halogens is 1. The zero-order chi connectivity index (χ0) is 23.0. The van der Waals surface area contributed by atoms with Crippen molar-refractivity contribution in [1.82, 2.24) is 20.0 Å². The van der Waals surface area contributed by atoms with Gasteiger partial charge < -0.3 is 15.1 Å². The molecule has 7 nitrogen and oxygen atoms in total. The number of aromatic amines is 1. The molecule has 1 amide bonds. The number of piperidine rings is 1. The number of para-hydroxylation sites is 1. The number of aromatic nitrogens is 2. The van der Waals surface area contributed by atoms with Crippen molar-refractivity contribution in [3.63, 3.8) is 0 Å². The summed E-state index contributed by atoms with van der Waals surface area (Å²) in [5, 5.41) is 6.09. The van der Waals surface area contributed by atoms with Crippen LogP contribution < -0.4 is 15.8 Å².